The number of benzene rings is 1. The van der Waals surface area contributed by atoms with Crippen LogP contribution in [0.4, 0.5) is 5.69 Å². The highest BCUT2D eigenvalue weighted by Crippen LogP contribution is 2.20. The second-order valence-electron chi connectivity index (χ2n) is 4.66. The number of rotatable bonds is 3. The molecule has 3 aromatic rings. The van der Waals surface area contributed by atoms with Gasteiger partial charge in [0.25, 0.3) is 0 Å². The first kappa shape index (κ1) is 12.2. The van der Waals surface area contributed by atoms with Gasteiger partial charge in [-0.25, -0.2) is 9.97 Å². The van der Waals surface area contributed by atoms with Gasteiger partial charge in [0.15, 0.2) is 0 Å². The number of nitrogens with one attached hydrogen (secondary N) is 1. The number of hydrogen-bond donors (Lipinski definition) is 1. The number of aryl methyl sites for hydroxylation is 3. The molecule has 0 fully saturated rings. The minimum absolute atomic E-state index is 0.760. The highest BCUT2D eigenvalue weighted by molar-refractivity contribution is 7.09. The van der Waals surface area contributed by atoms with Gasteiger partial charge in [-0.1, -0.05) is 0 Å². The molecule has 0 aliphatic carbocycles. The SMILES string of the molecule is Cc1csc(CNc2ccc3c(c2)nc(C)n3C)n1. The third-order valence-corrected chi connectivity index (χ3v) is 4.18. The lowest BCUT2D eigenvalue weighted by Gasteiger charge is -2.04. The molecule has 0 bridgehead atoms. The van der Waals surface area contributed by atoms with E-state index in [2.05, 4.69) is 43.4 Å². The fourth-order valence-electron chi connectivity index (χ4n) is 2.09. The van der Waals surface area contributed by atoms with E-state index in [1.807, 2.05) is 20.9 Å². The van der Waals surface area contributed by atoms with Gasteiger partial charge >= 0.3 is 0 Å². The van der Waals surface area contributed by atoms with Crippen LogP contribution in [0.15, 0.2) is 23.6 Å². The summed E-state index contributed by atoms with van der Waals surface area (Å²) in [6.07, 6.45) is 0. The Kier molecular flexibility index (Phi) is 2.98. The van der Waals surface area contributed by atoms with Gasteiger partial charge in [0.2, 0.25) is 0 Å². The van der Waals surface area contributed by atoms with Gasteiger partial charge in [0, 0.05) is 23.8 Å². The number of hydrogen-bond acceptors (Lipinski definition) is 4. The maximum atomic E-state index is 4.54. The summed E-state index contributed by atoms with van der Waals surface area (Å²) in [5, 5.41) is 6.57. The van der Waals surface area contributed by atoms with Gasteiger partial charge in [-0.15, -0.1) is 11.3 Å². The summed E-state index contributed by atoms with van der Waals surface area (Å²) in [5.41, 5.74) is 4.35. The first-order valence-electron chi connectivity index (χ1n) is 6.21. The molecule has 0 unspecified atom stereocenters. The van der Waals surface area contributed by atoms with Crippen LogP contribution in [0.2, 0.25) is 0 Å². The molecule has 3 rings (SSSR count). The lowest BCUT2D eigenvalue weighted by molar-refractivity contribution is 0.886. The van der Waals surface area contributed by atoms with Crippen molar-refractivity contribution < 1.29 is 0 Å². The van der Waals surface area contributed by atoms with Crippen molar-refractivity contribution in [2.45, 2.75) is 20.4 Å². The molecule has 0 saturated heterocycles. The number of nitrogens with zero attached hydrogens (tertiary/aromatic N) is 3. The zero-order valence-corrected chi connectivity index (χ0v) is 12.1. The van der Waals surface area contributed by atoms with Crippen LogP contribution in [-0.4, -0.2) is 14.5 Å². The predicted molar refractivity (Wildman–Crippen MR) is 79.6 cm³/mol. The van der Waals surface area contributed by atoms with Gasteiger partial charge in [-0.05, 0) is 32.0 Å². The van der Waals surface area contributed by atoms with Gasteiger partial charge in [0.05, 0.1) is 17.6 Å². The Labute approximate surface area is 116 Å². The molecule has 0 spiro atoms. The van der Waals surface area contributed by atoms with E-state index in [0.29, 0.717) is 0 Å². The number of imidazole rings is 1. The summed E-state index contributed by atoms with van der Waals surface area (Å²) in [5.74, 6) is 1.03. The van der Waals surface area contributed by atoms with Crippen LogP contribution >= 0.6 is 11.3 Å². The molecule has 0 atom stereocenters. The molecule has 1 N–H and O–H groups in total. The molecule has 2 aromatic heterocycles. The Bertz CT molecular complexity index is 726. The molecule has 4 nitrogen and oxygen atoms in total. The fraction of sp³-hybridized carbons (Fsp3) is 0.286. The third-order valence-electron chi connectivity index (χ3n) is 3.21. The van der Waals surface area contributed by atoms with Crippen LogP contribution in [0.3, 0.4) is 0 Å². The Morgan fingerprint density at radius 2 is 2.11 bits per heavy atom. The van der Waals surface area contributed by atoms with Crippen LogP contribution < -0.4 is 5.32 Å². The summed E-state index contributed by atoms with van der Waals surface area (Å²) in [4.78, 5) is 8.98. The minimum Gasteiger partial charge on any atom is -0.378 e. The summed E-state index contributed by atoms with van der Waals surface area (Å²) in [7, 11) is 2.04. The monoisotopic (exact) mass is 272 g/mol. The van der Waals surface area contributed by atoms with Crippen LogP contribution in [0.5, 0.6) is 0 Å². The second kappa shape index (κ2) is 4.66. The van der Waals surface area contributed by atoms with Crippen molar-refractivity contribution in [3.63, 3.8) is 0 Å². The zero-order valence-electron chi connectivity index (χ0n) is 11.3. The highest BCUT2D eigenvalue weighted by atomic mass is 32.1. The molecule has 5 heteroatoms. The molecule has 0 amide bonds. The van der Waals surface area contributed by atoms with E-state index >= 15 is 0 Å². The fourth-order valence-corrected chi connectivity index (χ4v) is 2.80. The van der Waals surface area contributed by atoms with Gasteiger partial charge in [-0.3, -0.25) is 0 Å². The Hall–Kier alpha value is -1.88. The van der Waals surface area contributed by atoms with E-state index in [0.717, 1.165) is 39.8 Å². The lowest BCUT2D eigenvalue weighted by atomic mass is 10.2. The maximum absolute atomic E-state index is 4.54. The molecular weight excluding hydrogens is 256 g/mol. The summed E-state index contributed by atoms with van der Waals surface area (Å²) < 4.78 is 2.10. The van der Waals surface area contributed by atoms with Crippen molar-refractivity contribution in [3.8, 4) is 0 Å². The summed E-state index contributed by atoms with van der Waals surface area (Å²) in [6.45, 7) is 4.80. The van der Waals surface area contributed by atoms with Crippen LogP contribution in [0, 0.1) is 13.8 Å². The van der Waals surface area contributed by atoms with Crippen molar-refractivity contribution in [1.29, 1.82) is 0 Å². The van der Waals surface area contributed by atoms with Crippen molar-refractivity contribution in [2.75, 3.05) is 5.32 Å². The van der Waals surface area contributed by atoms with E-state index in [4.69, 9.17) is 0 Å². The zero-order chi connectivity index (χ0) is 13.4. The van der Waals surface area contributed by atoms with Gasteiger partial charge < -0.3 is 9.88 Å². The average Bonchev–Trinajstić information content (AvgIpc) is 2.92. The van der Waals surface area contributed by atoms with E-state index in [1.54, 1.807) is 11.3 Å². The Balaban J connectivity index is 1.81. The van der Waals surface area contributed by atoms with Gasteiger partial charge in [-0.2, -0.15) is 0 Å². The molecule has 0 aliphatic rings. The standard InChI is InChI=1S/C14H16N4S/c1-9-8-19-14(16-9)7-15-11-4-5-13-12(6-11)17-10(2)18(13)3/h4-6,8,15H,7H2,1-3H3. The molecular formula is C14H16N4S. The van der Waals surface area contributed by atoms with Crippen molar-refractivity contribution in [3.05, 3.63) is 40.1 Å². The number of aromatic nitrogens is 3. The van der Waals surface area contributed by atoms with Crippen molar-refractivity contribution >= 4 is 28.1 Å². The molecule has 0 saturated carbocycles. The number of anilines is 1. The lowest BCUT2D eigenvalue weighted by Crippen LogP contribution is -1.98. The normalized spacial score (nSPS) is 11.1. The van der Waals surface area contributed by atoms with Crippen molar-refractivity contribution in [2.24, 2.45) is 7.05 Å². The second-order valence-corrected chi connectivity index (χ2v) is 5.60. The topological polar surface area (TPSA) is 42.7 Å². The average molecular weight is 272 g/mol. The van der Waals surface area contributed by atoms with Crippen molar-refractivity contribution in [1.82, 2.24) is 14.5 Å². The van der Waals surface area contributed by atoms with Crippen LogP contribution in [-0.2, 0) is 13.6 Å². The predicted octanol–water partition coefficient (Wildman–Crippen LogP) is 3.26. The first-order valence-corrected chi connectivity index (χ1v) is 7.09. The number of thiazole rings is 1. The first-order chi connectivity index (χ1) is 9.13. The van der Waals surface area contributed by atoms with Crippen LogP contribution in [0.1, 0.15) is 16.5 Å². The minimum atomic E-state index is 0.760. The smallest absolute Gasteiger partial charge is 0.112 e. The van der Waals surface area contributed by atoms with Crippen LogP contribution in [0.25, 0.3) is 11.0 Å². The van der Waals surface area contributed by atoms with E-state index in [9.17, 15) is 0 Å². The molecule has 19 heavy (non-hydrogen) atoms. The molecule has 0 radical (unpaired) electrons. The Morgan fingerprint density at radius 1 is 1.26 bits per heavy atom. The van der Waals surface area contributed by atoms with E-state index in [-0.39, 0.29) is 0 Å². The molecule has 2 heterocycles. The molecule has 98 valence electrons. The summed E-state index contributed by atoms with van der Waals surface area (Å²) >= 11 is 1.69. The number of fused-ring (bicyclic) bond motifs is 1. The van der Waals surface area contributed by atoms with Gasteiger partial charge in [0.1, 0.15) is 10.8 Å². The Morgan fingerprint density at radius 3 is 2.84 bits per heavy atom. The molecule has 0 aliphatic heterocycles. The van der Waals surface area contributed by atoms with E-state index < -0.39 is 0 Å². The third kappa shape index (κ3) is 2.33. The largest absolute Gasteiger partial charge is 0.378 e. The highest BCUT2D eigenvalue weighted by Gasteiger charge is 2.05. The van der Waals surface area contributed by atoms with E-state index in [1.165, 1.54) is 0 Å². The molecule has 1 aromatic carbocycles. The quantitative estimate of drug-likeness (QED) is 0.796. The summed E-state index contributed by atoms with van der Waals surface area (Å²) in [6, 6.07) is 6.28. The maximum Gasteiger partial charge on any atom is 0.112 e.